The van der Waals surface area contributed by atoms with E-state index in [1.54, 1.807) is 6.26 Å². The van der Waals surface area contributed by atoms with Crippen molar-refractivity contribution in [1.29, 1.82) is 0 Å². The highest BCUT2D eigenvalue weighted by Gasteiger charge is 2.48. The summed E-state index contributed by atoms with van der Waals surface area (Å²) < 4.78 is 5.27. The Morgan fingerprint density at radius 2 is 2.10 bits per heavy atom. The molecule has 2 fully saturated rings. The maximum Gasteiger partial charge on any atom is 0.0988 e. The fourth-order valence-electron chi connectivity index (χ4n) is 2.22. The molecule has 0 aromatic rings. The summed E-state index contributed by atoms with van der Waals surface area (Å²) in [6, 6.07) is 0. The van der Waals surface area contributed by atoms with Crippen LogP contribution in [0, 0.1) is 5.41 Å². The minimum Gasteiger partial charge on any atom is -0.499 e. The Morgan fingerprint density at radius 3 is 2.50 bits per heavy atom. The quantitative estimate of drug-likeness (QED) is 0.533. The standard InChI is InChI=1S/C9H14O/c1-2-10-8-6-9(7-8)4-3-5-9/h2,8H,1,3-7H2. The fraction of sp³-hybridized carbons (Fsp3) is 0.778. The molecule has 0 amide bonds. The Bertz CT molecular complexity index is 139. The van der Waals surface area contributed by atoms with Crippen LogP contribution in [-0.2, 0) is 4.74 Å². The van der Waals surface area contributed by atoms with Crippen molar-refractivity contribution in [3.63, 3.8) is 0 Å². The second kappa shape index (κ2) is 2.01. The van der Waals surface area contributed by atoms with Crippen molar-refractivity contribution >= 4 is 0 Å². The molecular formula is C9H14O. The minimum absolute atomic E-state index is 0.512. The van der Waals surface area contributed by atoms with Crippen molar-refractivity contribution in [2.45, 2.75) is 38.2 Å². The molecule has 0 aliphatic heterocycles. The van der Waals surface area contributed by atoms with Crippen LogP contribution in [0.25, 0.3) is 0 Å². The van der Waals surface area contributed by atoms with Gasteiger partial charge in [-0.2, -0.15) is 0 Å². The smallest absolute Gasteiger partial charge is 0.0988 e. The van der Waals surface area contributed by atoms with Gasteiger partial charge in [0.25, 0.3) is 0 Å². The second-order valence-electron chi connectivity index (χ2n) is 3.69. The maximum atomic E-state index is 5.27. The molecule has 0 N–H and O–H groups in total. The van der Waals surface area contributed by atoms with Crippen LogP contribution in [0.4, 0.5) is 0 Å². The van der Waals surface area contributed by atoms with Crippen LogP contribution >= 0.6 is 0 Å². The summed E-state index contributed by atoms with van der Waals surface area (Å²) in [4.78, 5) is 0. The van der Waals surface area contributed by atoms with Crippen LogP contribution in [0.3, 0.4) is 0 Å². The van der Waals surface area contributed by atoms with E-state index in [1.165, 1.54) is 32.1 Å². The Kier molecular flexibility index (Phi) is 1.26. The van der Waals surface area contributed by atoms with E-state index < -0.39 is 0 Å². The SMILES string of the molecule is C=COC1CC2(CCC2)C1. The molecule has 0 aromatic heterocycles. The number of hydrogen-bond acceptors (Lipinski definition) is 1. The van der Waals surface area contributed by atoms with E-state index in [9.17, 15) is 0 Å². The van der Waals surface area contributed by atoms with E-state index in [0.717, 1.165) is 5.41 Å². The molecule has 1 spiro atoms. The fourth-order valence-corrected chi connectivity index (χ4v) is 2.22. The first-order valence-corrected chi connectivity index (χ1v) is 4.11. The van der Waals surface area contributed by atoms with Crippen molar-refractivity contribution in [3.8, 4) is 0 Å². The van der Waals surface area contributed by atoms with Gasteiger partial charge in [-0.3, -0.25) is 0 Å². The van der Waals surface area contributed by atoms with Crippen LogP contribution in [0.1, 0.15) is 32.1 Å². The summed E-state index contributed by atoms with van der Waals surface area (Å²) in [6.45, 7) is 3.55. The Hall–Kier alpha value is -0.460. The second-order valence-corrected chi connectivity index (χ2v) is 3.69. The van der Waals surface area contributed by atoms with Gasteiger partial charge >= 0.3 is 0 Å². The molecule has 1 heteroatoms. The average Bonchev–Trinajstić information content (AvgIpc) is 1.72. The van der Waals surface area contributed by atoms with Gasteiger partial charge in [-0.25, -0.2) is 0 Å². The summed E-state index contributed by atoms with van der Waals surface area (Å²) in [5.41, 5.74) is 0.744. The van der Waals surface area contributed by atoms with E-state index in [4.69, 9.17) is 4.74 Å². The largest absolute Gasteiger partial charge is 0.499 e. The average molecular weight is 138 g/mol. The molecule has 0 bridgehead atoms. The molecule has 0 radical (unpaired) electrons. The van der Waals surface area contributed by atoms with E-state index in [1.807, 2.05) is 0 Å². The summed E-state index contributed by atoms with van der Waals surface area (Å²) >= 11 is 0. The lowest BCUT2D eigenvalue weighted by molar-refractivity contribution is -0.0866. The van der Waals surface area contributed by atoms with Gasteiger partial charge in [0.05, 0.1) is 12.4 Å². The highest BCUT2D eigenvalue weighted by atomic mass is 16.5. The zero-order chi connectivity index (χ0) is 7.03. The van der Waals surface area contributed by atoms with Crippen molar-refractivity contribution in [2.75, 3.05) is 0 Å². The van der Waals surface area contributed by atoms with Gasteiger partial charge < -0.3 is 4.74 Å². The van der Waals surface area contributed by atoms with Crippen LogP contribution in [0.2, 0.25) is 0 Å². The van der Waals surface area contributed by atoms with Crippen molar-refractivity contribution in [2.24, 2.45) is 5.41 Å². The molecule has 2 rings (SSSR count). The van der Waals surface area contributed by atoms with Crippen molar-refractivity contribution < 1.29 is 4.74 Å². The summed E-state index contributed by atoms with van der Waals surface area (Å²) in [5.74, 6) is 0. The molecule has 2 aliphatic rings. The zero-order valence-electron chi connectivity index (χ0n) is 6.31. The zero-order valence-corrected chi connectivity index (χ0v) is 6.31. The summed E-state index contributed by atoms with van der Waals surface area (Å²) in [5, 5.41) is 0. The van der Waals surface area contributed by atoms with Crippen molar-refractivity contribution in [1.82, 2.24) is 0 Å². The first kappa shape index (κ1) is 6.26. The van der Waals surface area contributed by atoms with E-state index in [-0.39, 0.29) is 0 Å². The molecule has 0 saturated heterocycles. The highest BCUT2D eigenvalue weighted by Crippen LogP contribution is 2.56. The van der Waals surface area contributed by atoms with Crippen LogP contribution in [0.5, 0.6) is 0 Å². The third-order valence-corrected chi connectivity index (χ3v) is 3.02. The lowest BCUT2D eigenvalue weighted by atomic mass is 9.55. The number of ether oxygens (including phenoxy) is 1. The normalized spacial score (nSPS) is 28.8. The Labute approximate surface area is 62.1 Å². The third kappa shape index (κ3) is 0.764. The molecule has 0 unspecified atom stereocenters. The molecule has 2 aliphatic carbocycles. The van der Waals surface area contributed by atoms with Gasteiger partial charge in [0.15, 0.2) is 0 Å². The maximum absolute atomic E-state index is 5.27. The van der Waals surface area contributed by atoms with Crippen LogP contribution in [-0.4, -0.2) is 6.10 Å². The van der Waals surface area contributed by atoms with Gasteiger partial charge in [0.1, 0.15) is 0 Å². The van der Waals surface area contributed by atoms with Crippen molar-refractivity contribution in [3.05, 3.63) is 12.8 Å². The molecule has 1 nitrogen and oxygen atoms in total. The van der Waals surface area contributed by atoms with E-state index in [0.29, 0.717) is 6.10 Å². The van der Waals surface area contributed by atoms with E-state index in [2.05, 4.69) is 6.58 Å². The monoisotopic (exact) mass is 138 g/mol. The van der Waals surface area contributed by atoms with Crippen LogP contribution < -0.4 is 0 Å². The predicted octanol–water partition coefficient (Wildman–Crippen LogP) is 2.48. The van der Waals surface area contributed by atoms with Gasteiger partial charge in [0, 0.05) is 0 Å². The Morgan fingerprint density at radius 1 is 1.40 bits per heavy atom. The first-order valence-electron chi connectivity index (χ1n) is 4.11. The number of hydrogen-bond donors (Lipinski definition) is 0. The topological polar surface area (TPSA) is 9.23 Å². The lowest BCUT2D eigenvalue weighted by Crippen LogP contribution is -2.46. The van der Waals surface area contributed by atoms with Crippen LogP contribution in [0.15, 0.2) is 12.8 Å². The molecule has 2 saturated carbocycles. The first-order chi connectivity index (χ1) is 4.85. The highest BCUT2D eigenvalue weighted by molar-refractivity contribution is 5.00. The van der Waals surface area contributed by atoms with Gasteiger partial charge in [0.2, 0.25) is 0 Å². The minimum atomic E-state index is 0.512. The molecule has 0 aromatic carbocycles. The molecule has 0 atom stereocenters. The van der Waals surface area contributed by atoms with E-state index >= 15 is 0 Å². The molecule has 0 heterocycles. The van der Waals surface area contributed by atoms with Gasteiger partial charge in [-0.15, -0.1) is 0 Å². The Balaban J connectivity index is 1.77. The summed E-state index contributed by atoms with van der Waals surface area (Å²) in [7, 11) is 0. The number of rotatable bonds is 2. The van der Waals surface area contributed by atoms with Gasteiger partial charge in [-0.1, -0.05) is 13.0 Å². The molecular weight excluding hydrogens is 124 g/mol. The predicted molar refractivity (Wildman–Crippen MR) is 40.6 cm³/mol. The lowest BCUT2D eigenvalue weighted by Gasteiger charge is -2.53. The van der Waals surface area contributed by atoms with Gasteiger partial charge in [-0.05, 0) is 31.1 Å². The molecule has 10 heavy (non-hydrogen) atoms. The summed E-state index contributed by atoms with van der Waals surface area (Å²) in [6.07, 6.45) is 9.01. The third-order valence-electron chi connectivity index (χ3n) is 3.02. The molecule has 56 valence electrons.